The quantitative estimate of drug-likeness (QED) is 0.928. The van der Waals surface area contributed by atoms with E-state index in [0.29, 0.717) is 13.2 Å². The SMILES string of the molecule is O=C(NCC1CCCOC1)c1ccc(C(F)(F)F)nc1. The van der Waals surface area contributed by atoms with Gasteiger partial charge in [-0.15, -0.1) is 0 Å². The molecule has 0 bridgehead atoms. The van der Waals surface area contributed by atoms with Gasteiger partial charge in [-0.05, 0) is 30.9 Å². The second-order valence-electron chi connectivity index (χ2n) is 4.72. The van der Waals surface area contributed by atoms with E-state index in [0.717, 1.165) is 37.8 Å². The zero-order valence-electron chi connectivity index (χ0n) is 10.7. The van der Waals surface area contributed by atoms with Crippen molar-refractivity contribution in [2.24, 2.45) is 5.92 Å². The molecule has 110 valence electrons. The lowest BCUT2D eigenvalue weighted by atomic mass is 10.0. The molecule has 20 heavy (non-hydrogen) atoms. The van der Waals surface area contributed by atoms with Crippen LogP contribution in [0.4, 0.5) is 13.2 Å². The van der Waals surface area contributed by atoms with Gasteiger partial charge in [0.1, 0.15) is 5.69 Å². The molecule has 0 spiro atoms. The number of nitrogens with zero attached hydrogens (tertiary/aromatic N) is 1. The fraction of sp³-hybridized carbons (Fsp3) is 0.538. The average molecular weight is 288 g/mol. The summed E-state index contributed by atoms with van der Waals surface area (Å²) in [5.41, 5.74) is -0.885. The number of hydrogen-bond donors (Lipinski definition) is 1. The molecule has 0 saturated carbocycles. The number of aromatic nitrogens is 1. The number of carbonyl (C=O) groups is 1. The summed E-state index contributed by atoms with van der Waals surface area (Å²) in [6, 6.07) is 1.93. The van der Waals surface area contributed by atoms with E-state index in [4.69, 9.17) is 4.74 Å². The molecule has 1 unspecified atom stereocenters. The highest BCUT2D eigenvalue weighted by Crippen LogP contribution is 2.27. The first kappa shape index (κ1) is 14.8. The third-order valence-corrected chi connectivity index (χ3v) is 3.12. The molecule has 1 amide bonds. The van der Waals surface area contributed by atoms with Crippen LogP contribution < -0.4 is 5.32 Å². The van der Waals surface area contributed by atoms with Crippen LogP contribution in [0, 0.1) is 5.92 Å². The molecule has 0 aliphatic carbocycles. The lowest BCUT2D eigenvalue weighted by Gasteiger charge is -2.22. The molecular weight excluding hydrogens is 273 g/mol. The van der Waals surface area contributed by atoms with Crippen molar-refractivity contribution >= 4 is 5.91 Å². The smallest absolute Gasteiger partial charge is 0.381 e. The van der Waals surface area contributed by atoms with Gasteiger partial charge < -0.3 is 10.1 Å². The largest absolute Gasteiger partial charge is 0.433 e. The standard InChI is InChI=1S/C13H15F3N2O2/c14-13(15,16)11-4-3-10(7-17-11)12(19)18-6-9-2-1-5-20-8-9/h3-4,7,9H,1-2,5-6,8H2,(H,18,19). The van der Waals surface area contributed by atoms with Gasteiger partial charge in [0.05, 0.1) is 12.2 Å². The Morgan fingerprint density at radius 2 is 2.25 bits per heavy atom. The maximum absolute atomic E-state index is 12.3. The van der Waals surface area contributed by atoms with Gasteiger partial charge in [0.25, 0.3) is 5.91 Å². The number of rotatable bonds is 3. The van der Waals surface area contributed by atoms with Gasteiger partial charge in [0.2, 0.25) is 0 Å². The van der Waals surface area contributed by atoms with Gasteiger partial charge in [-0.1, -0.05) is 0 Å². The van der Waals surface area contributed by atoms with Crippen LogP contribution in [0.3, 0.4) is 0 Å². The van der Waals surface area contributed by atoms with E-state index < -0.39 is 17.8 Å². The number of hydrogen-bond acceptors (Lipinski definition) is 3. The first-order valence-corrected chi connectivity index (χ1v) is 6.36. The Bertz CT molecular complexity index is 454. The average Bonchev–Trinajstić information content (AvgIpc) is 2.45. The topological polar surface area (TPSA) is 51.2 Å². The van der Waals surface area contributed by atoms with Gasteiger partial charge >= 0.3 is 6.18 Å². The van der Waals surface area contributed by atoms with Crippen LogP contribution in [0.25, 0.3) is 0 Å². The van der Waals surface area contributed by atoms with E-state index in [9.17, 15) is 18.0 Å². The number of amides is 1. The van der Waals surface area contributed by atoms with E-state index in [2.05, 4.69) is 10.3 Å². The zero-order valence-corrected chi connectivity index (χ0v) is 10.7. The van der Waals surface area contributed by atoms with Crippen molar-refractivity contribution < 1.29 is 22.7 Å². The number of halogens is 3. The van der Waals surface area contributed by atoms with Crippen LogP contribution in [0.15, 0.2) is 18.3 Å². The summed E-state index contributed by atoms with van der Waals surface area (Å²) in [4.78, 5) is 15.0. The van der Waals surface area contributed by atoms with Crippen LogP contribution >= 0.6 is 0 Å². The van der Waals surface area contributed by atoms with Crippen LogP contribution in [0.5, 0.6) is 0 Å². The summed E-state index contributed by atoms with van der Waals surface area (Å²) < 4.78 is 42.3. The van der Waals surface area contributed by atoms with Gasteiger partial charge in [-0.3, -0.25) is 9.78 Å². The molecule has 1 aliphatic heterocycles. The molecule has 4 nitrogen and oxygen atoms in total. The molecule has 1 saturated heterocycles. The third kappa shape index (κ3) is 3.93. The van der Waals surface area contributed by atoms with Crippen LogP contribution in [0.1, 0.15) is 28.9 Å². The van der Waals surface area contributed by atoms with E-state index in [-0.39, 0.29) is 11.5 Å². The third-order valence-electron chi connectivity index (χ3n) is 3.12. The molecule has 1 N–H and O–H groups in total. The molecule has 1 atom stereocenters. The monoisotopic (exact) mass is 288 g/mol. The van der Waals surface area contributed by atoms with Crippen molar-refractivity contribution in [2.45, 2.75) is 19.0 Å². The maximum atomic E-state index is 12.3. The molecular formula is C13H15F3N2O2. The fourth-order valence-electron chi connectivity index (χ4n) is 2.00. The Balaban J connectivity index is 1.89. The van der Waals surface area contributed by atoms with Gasteiger partial charge in [-0.25, -0.2) is 0 Å². The summed E-state index contributed by atoms with van der Waals surface area (Å²) in [6.45, 7) is 1.80. The van der Waals surface area contributed by atoms with Crippen molar-refractivity contribution in [3.8, 4) is 0 Å². The van der Waals surface area contributed by atoms with Crippen LogP contribution in [-0.2, 0) is 10.9 Å². The molecule has 2 rings (SSSR count). The number of carbonyl (C=O) groups excluding carboxylic acids is 1. The molecule has 1 aliphatic rings. The maximum Gasteiger partial charge on any atom is 0.433 e. The lowest BCUT2D eigenvalue weighted by molar-refractivity contribution is -0.141. The minimum Gasteiger partial charge on any atom is -0.381 e. The summed E-state index contributed by atoms with van der Waals surface area (Å²) in [7, 11) is 0. The fourth-order valence-corrected chi connectivity index (χ4v) is 2.00. The van der Waals surface area contributed by atoms with E-state index >= 15 is 0 Å². The molecule has 0 radical (unpaired) electrons. The summed E-state index contributed by atoms with van der Waals surface area (Å²) in [5.74, 6) is -0.160. The van der Waals surface area contributed by atoms with Crippen molar-refractivity contribution in [3.05, 3.63) is 29.6 Å². The number of pyridine rings is 1. The molecule has 1 fully saturated rings. The second-order valence-corrected chi connectivity index (χ2v) is 4.72. The highest BCUT2D eigenvalue weighted by Gasteiger charge is 2.32. The Morgan fingerprint density at radius 1 is 1.45 bits per heavy atom. The first-order valence-electron chi connectivity index (χ1n) is 6.36. The van der Waals surface area contributed by atoms with E-state index in [1.165, 1.54) is 0 Å². The van der Waals surface area contributed by atoms with E-state index in [1.54, 1.807) is 0 Å². The molecule has 0 aromatic carbocycles. The molecule has 2 heterocycles. The normalized spacial score (nSPS) is 19.6. The number of alkyl halides is 3. The Morgan fingerprint density at radius 3 is 2.80 bits per heavy atom. The number of nitrogens with one attached hydrogen (secondary N) is 1. The van der Waals surface area contributed by atoms with Crippen molar-refractivity contribution in [1.29, 1.82) is 0 Å². The minimum absolute atomic E-state index is 0.120. The van der Waals surface area contributed by atoms with Crippen LogP contribution in [-0.4, -0.2) is 30.6 Å². The molecule has 1 aromatic rings. The van der Waals surface area contributed by atoms with Gasteiger partial charge in [-0.2, -0.15) is 13.2 Å². The van der Waals surface area contributed by atoms with Crippen molar-refractivity contribution in [2.75, 3.05) is 19.8 Å². The molecule has 7 heteroatoms. The summed E-state index contributed by atoms with van der Waals surface area (Å²) in [5, 5.41) is 2.69. The predicted molar refractivity (Wildman–Crippen MR) is 65.1 cm³/mol. The van der Waals surface area contributed by atoms with Crippen LogP contribution in [0.2, 0.25) is 0 Å². The Kier molecular flexibility index (Phi) is 4.59. The number of ether oxygens (including phenoxy) is 1. The van der Waals surface area contributed by atoms with Gasteiger partial charge in [0.15, 0.2) is 0 Å². The second kappa shape index (κ2) is 6.21. The highest BCUT2D eigenvalue weighted by molar-refractivity contribution is 5.93. The Hall–Kier alpha value is -1.63. The minimum atomic E-state index is -4.49. The zero-order chi connectivity index (χ0) is 14.6. The summed E-state index contributed by atoms with van der Waals surface area (Å²) >= 11 is 0. The van der Waals surface area contributed by atoms with Crippen molar-refractivity contribution in [3.63, 3.8) is 0 Å². The summed E-state index contributed by atoms with van der Waals surface area (Å²) in [6.07, 6.45) is -1.61. The predicted octanol–water partition coefficient (Wildman–Crippen LogP) is 2.26. The van der Waals surface area contributed by atoms with Crippen molar-refractivity contribution in [1.82, 2.24) is 10.3 Å². The van der Waals surface area contributed by atoms with Gasteiger partial charge in [0, 0.05) is 19.3 Å². The first-order chi connectivity index (χ1) is 9.47. The lowest BCUT2D eigenvalue weighted by Crippen LogP contribution is -2.33. The highest BCUT2D eigenvalue weighted by atomic mass is 19.4. The van der Waals surface area contributed by atoms with E-state index in [1.807, 2.05) is 0 Å². The Labute approximate surface area is 114 Å². The molecule has 1 aromatic heterocycles.